The molecular weight excluding hydrogens is 142 g/mol. The maximum atomic E-state index is 8.29. The van der Waals surface area contributed by atoms with Gasteiger partial charge >= 0.3 is 59.1 Å². The Morgan fingerprint density at radius 1 is 0.857 bits per heavy atom. The quantitative estimate of drug-likeness (QED) is 0.250. The number of hydrogen-bond acceptors (Lipinski definition) is 3. The van der Waals surface area contributed by atoms with Crippen molar-refractivity contribution in [2.45, 2.75) is 0 Å². The van der Waals surface area contributed by atoms with Crippen molar-refractivity contribution < 1.29 is 79.2 Å². The predicted molar refractivity (Wildman–Crippen MR) is 16.4 cm³/mol. The summed E-state index contributed by atoms with van der Waals surface area (Å²) in [7, 11) is 0. The van der Waals surface area contributed by atoms with Crippen LogP contribution in [0.2, 0.25) is 0 Å². The van der Waals surface area contributed by atoms with Gasteiger partial charge in [-0.05, 0) is 0 Å². The van der Waals surface area contributed by atoms with Crippen LogP contribution in [-0.4, -0.2) is 20.1 Å². The van der Waals surface area contributed by atoms with Crippen molar-refractivity contribution in [1.82, 2.24) is 0 Å². The van der Waals surface area contributed by atoms with E-state index in [0.717, 1.165) is 0 Å². The molecule has 0 aromatic carbocycles. The summed E-state index contributed by atoms with van der Waals surface area (Å²) >= 11 is -0.750. The molecule has 36 valence electrons. The Balaban J connectivity index is -0.00000000333. The molecule has 0 aromatic heterocycles. The van der Waals surface area contributed by atoms with Crippen LogP contribution in [0.25, 0.3) is 0 Å². The van der Waals surface area contributed by atoms with Crippen molar-refractivity contribution in [3.05, 3.63) is 0 Å². The summed E-state index contributed by atoms with van der Waals surface area (Å²) in [6, 6.07) is 0. The van der Waals surface area contributed by atoms with Gasteiger partial charge in [-0.1, -0.05) is 0 Å². The third kappa shape index (κ3) is 65.4. The summed E-state index contributed by atoms with van der Waals surface area (Å²) < 4.78 is 16.6. The average Bonchev–Trinajstić information content (AvgIpc) is 0.918. The van der Waals surface area contributed by atoms with Gasteiger partial charge in [0.05, 0.1) is 0 Å². The molecule has 0 saturated heterocycles. The summed E-state index contributed by atoms with van der Waals surface area (Å²) in [6.45, 7) is 0. The smallest absolute Gasteiger partial charge is 0.811 e. The fourth-order valence-corrected chi connectivity index (χ4v) is 0. The molecule has 0 aliphatic carbocycles. The van der Waals surface area contributed by atoms with E-state index in [1.807, 2.05) is 0 Å². The van der Waals surface area contributed by atoms with E-state index < -0.39 is 12.3 Å². The van der Waals surface area contributed by atoms with Crippen LogP contribution in [0.5, 0.6) is 0 Å². The molecule has 0 spiro atoms. The van der Waals surface area contributed by atoms with E-state index in [1.165, 1.54) is 0 Å². The standard InChI is InChI=1S/2Na.H2O2S.2H2O/c;;1-3-2;;/h;;1-2H;2*1H2/q2*+1;;;/p-2. The Labute approximate surface area is 90.3 Å². The molecule has 0 unspecified atom stereocenters. The van der Waals surface area contributed by atoms with Crippen molar-refractivity contribution in [2.24, 2.45) is 0 Å². The molecule has 0 aromatic rings. The van der Waals surface area contributed by atoms with Gasteiger partial charge in [-0.3, -0.25) is 0 Å². The molecule has 0 atom stereocenters. The third-order valence-electron chi connectivity index (χ3n) is 0. The van der Waals surface area contributed by atoms with Crippen molar-refractivity contribution >= 4 is 12.3 Å². The van der Waals surface area contributed by atoms with Gasteiger partial charge in [0.25, 0.3) is 0 Å². The average molecular weight is 146 g/mol. The van der Waals surface area contributed by atoms with Gasteiger partial charge in [0.15, 0.2) is 0 Å². The van der Waals surface area contributed by atoms with E-state index in [2.05, 4.69) is 0 Å². The van der Waals surface area contributed by atoms with Crippen LogP contribution in [0.15, 0.2) is 0 Å². The first-order valence-electron chi connectivity index (χ1n) is 0.333. The second kappa shape index (κ2) is 41.6. The van der Waals surface area contributed by atoms with E-state index in [9.17, 15) is 0 Å². The fraction of sp³-hybridized carbons (Fsp3) is 0. The molecule has 0 bridgehead atoms. The Morgan fingerprint density at radius 3 is 0.857 bits per heavy atom. The normalized spacial score (nSPS) is 2.57. The zero-order valence-electron chi connectivity index (χ0n) is 4.22. The van der Waals surface area contributed by atoms with Gasteiger partial charge in [0, 0.05) is 0 Å². The minimum Gasteiger partial charge on any atom is -0.811 e. The van der Waals surface area contributed by atoms with Crippen LogP contribution in [0.3, 0.4) is 0 Å². The Morgan fingerprint density at radius 2 is 0.857 bits per heavy atom. The topological polar surface area (TPSA) is 109 Å². The van der Waals surface area contributed by atoms with Gasteiger partial charge in [0.1, 0.15) is 0 Å². The molecule has 0 aliphatic rings. The summed E-state index contributed by atoms with van der Waals surface area (Å²) in [6.07, 6.45) is 0. The number of rotatable bonds is 0. The number of hydrogen-bond donors (Lipinski definition) is 0. The van der Waals surface area contributed by atoms with Crippen molar-refractivity contribution in [2.75, 3.05) is 0 Å². The zero-order chi connectivity index (χ0) is 2.71. The Hall–Kier alpha value is 2.19. The molecule has 0 radical (unpaired) electrons. The van der Waals surface area contributed by atoms with E-state index in [4.69, 9.17) is 9.11 Å². The van der Waals surface area contributed by atoms with Crippen LogP contribution in [-0.2, 0) is 0 Å². The predicted octanol–water partition coefficient (Wildman–Crippen LogP) is -7.66. The van der Waals surface area contributed by atoms with Crippen LogP contribution in [0.1, 0.15) is 0 Å². The largest absolute Gasteiger partial charge is 1.00 e. The van der Waals surface area contributed by atoms with Gasteiger partial charge in [-0.15, -0.1) is 0 Å². The van der Waals surface area contributed by atoms with Gasteiger partial charge in [-0.25, -0.2) is 0 Å². The first kappa shape index (κ1) is 35.1. The molecule has 0 heterocycles. The molecule has 0 rings (SSSR count). The van der Waals surface area contributed by atoms with E-state index >= 15 is 0 Å². The summed E-state index contributed by atoms with van der Waals surface area (Å²) in [5.41, 5.74) is 0. The monoisotopic (exact) mass is 146 g/mol. The molecule has 0 saturated carbocycles. The van der Waals surface area contributed by atoms with Gasteiger partial charge < -0.3 is 32.4 Å². The van der Waals surface area contributed by atoms with E-state index in [1.54, 1.807) is 0 Å². The third-order valence-corrected chi connectivity index (χ3v) is 0. The first-order chi connectivity index (χ1) is 1.41. The molecule has 0 aliphatic heterocycles. The Bertz CT molecular complexity index is 9.65. The van der Waals surface area contributed by atoms with Crippen LogP contribution >= 0.6 is 12.3 Å². The van der Waals surface area contributed by atoms with Crippen molar-refractivity contribution in [3.8, 4) is 0 Å². The molecule has 4 nitrogen and oxygen atoms in total. The van der Waals surface area contributed by atoms with Crippen LogP contribution < -0.4 is 59.1 Å². The van der Waals surface area contributed by atoms with Crippen molar-refractivity contribution in [1.29, 1.82) is 0 Å². The second-order valence-electron chi connectivity index (χ2n) is 0.0680. The van der Waals surface area contributed by atoms with Gasteiger partial charge in [0.2, 0.25) is 0 Å². The SMILES string of the molecule is O.O.[Na+].[Na+].[O-]S[O-]. The molecule has 7 heavy (non-hydrogen) atoms. The molecule has 7 heteroatoms. The zero-order valence-corrected chi connectivity index (χ0v) is 9.04. The summed E-state index contributed by atoms with van der Waals surface area (Å²) in [5, 5.41) is 0. The summed E-state index contributed by atoms with van der Waals surface area (Å²) in [4.78, 5) is 0. The minimum absolute atomic E-state index is 0. The minimum atomic E-state index is -0.750. The van der Waals surface area contributed by atoms with E-state index in [0.29, 0.717) is 0 Å². The summed E-state index contributed by atoms with van der Waals surface area (Å²) in [5.74, 6) is 0. The molecular formula is H4Na2O4S. The fourth-order valence-electron chi connectivity index (χ4n) is 0. The van der Waals surface area contributed by atoms with Crippen LogP contribution in [0.4, 0.5) is 0 Å². The first-order valence-corrected chi connectivity index (χ1v) is 1.00. The maximum Gasteiger partial charge on any atom is 1.00 e. The van der Waals surface area contributed by atoms with E-state index in [-0.39, 0.29) is 70.1 Å². The molecule has 4 N–H and O–H groups in total. The molecule has 0 fully saturated rings. The van der Waals surface area contributed by atoms with Crippen molar-refractivity contribution in [3.63, 3.8) is 0 Å². The Kier molecular flexibility index (Phi) is 209. The van der Waals surface area contributed by atoms with Gasteiger partial charge in [-0.2, -0.15) is 0 Å². The molecule has 0 amide bonds. The maximum absolute atomic E-state index is 8.29. The second-order valence-corrected chi connectivity index (χ2v) is 0.204. The van der Waals surface area contributed by atoms with Crippen LogP contribution in [0, 0.1) is 0 Å².